The molecule has 0 spiro atoms. The minimum absolute atomic E-state index is 0.715. The van der Waals surface area contributed by atoms with E-state index in [1.165, 1.54) is 0 Å². The molecule has 1 heterocycles. The van der Waals surface area contributed by atoms with Crippen LogP contribution in [0.25, 0.3) is 0 Å². The molecular weight excluding hydrogens is 226 g/mol. The zero-order chi connectivity index (χ0) is 13.2. The molecular formula is C13H23N5. The zero-order valence-electron chi connectivity index (χ0n) is 11.3. The van der Waals surface area contributed by atoms with Gasteiger partial charge in [0.2, 0.25) is 5.96 Å². The Morgan fingerprint density at radius 3 is 2.83 bits per heavy atom. The normalized spacial score (nSPS) is 11.4. The Hall–Kier alpha value is -1.62. The maximum absolute atomic E-state index is 5.54. The van der Waals surface area contributed by atoms with Crippen LogP contribution in [0.5, 0.6) is 0 Å². The van der Waals surface area contributed by atoms with Crippen LogP contribution in [0.1, 0.15) is 32.4 Å². The van der Waals surface area contributed by atoms with Crippen molar-refractivity contribution >= 4 is 5.96 Å². The molecule has 0 unspecified atom stereocenters. The van der Waals surface area contributed by atoms with Crippen molar-refractivity contribution in [3.8, 4) is 0 Å². The Bertz CT molecular complexity index is 350. The number of unbranched alkanes of at least 4 members (excludes halogenated alkanes) is 1. The van der Waals surface area contributed by atoms with Crippen molar-refractivity contribution < 1.29 is 0 Å². The molecule has 18 heavy (non-hydrogen) atoms. The van der Waals surface area contributed by atoms with Gasteiger partial charge in [0, 0.05) is 19.3 Å². The van der Waals surface area contributed by atoms with E-state index >= 15 is 0 Å². The molecule has 100 valence electrons. The molecule has 0 aromatic carbocycles. The van der Waals surface area contributed by atoms with Crippen molar-refractivity contribution in [1.82, 2.24) is 15.3 Å². The average Bonchev–Trinajstić information content (AvgIpc) is 2.43. The van der Waals surface area contributed by atoms with Gasteiger partial charge in [0.05, 0.1) is 12.2 Å². The number of nitrogens with two attached hydrogens (primary N) is 1. The lowest BCUT2D eigenvalue weighted by atomic mass is 10.3. The highest BCUT2D eigenvalue weighted by Gasteiger charge is 2.08. The molecule has 5 heteroatoms. The van der Waals surface area contributed by atoms with Crippen molar-refractivity contribution in [3.05, 3.63) is 30.1 Å². The van der Waals surface area contributed by atoms with Gasteiger partial charge in [0.15, 0.2) is 0 Å². The quantitative estimate of drug-likeness (QED) is 0.264. The first kappa shape index (κ1) is 14.4. The Morgan fingerprint density at radius 1 is 1.44 bits per heavy atom. The smallest absolute Gasteiger partial charge is 0.208 e. The Morgan fingerprint density at radius 2 is 2.28 bits per heavy atom. The average molecular weight is 249 g/mol. The number of hydrogen-bond acceptors (Lipinski definition) is 3. The van der Waals surface area contributed by atoms with Gasteiger partial charge >= 0.3 is 0 Å². The number of guanidine groups is 1. The first-order chi connectivity index (χ1) is 8.81. The number of nitrogens with zero attached hydrogens (tertiary/aromatic N) is 3. The summed E-state index contributed by atoms with van der Waals surface area (Å²) in [6, 6.07) is 5.90. The fourth-order valence-electron chi connectivity index (χ4n) is 1.60. The number of aliphatic imine (C=N–C) groups is 1. The monoisotopic (exact) mass is 249 g/mol. The number of hydrogen-bond donors (Lipinski definition) is 2. The third-order valence-corrected chi connectivity index (χ3v) is 2.66. The molecule has 0 saturated carbocycles. The Labute approximate surface area is 109 Å². The van der Waals surface area contributed by atoms with Crippen LogP contribution in [0, 0.1) is 0 Å². The van der Waals surface area contributed by atoms with Crippen molar-refractivity contribution in [2.45, 2.75) is 33.2 Å². The summed E-state index contributed by atoms with van der Waals surface area (Å²) in [6.45, 7) is 6.58. The molecule has 0 aliphatic heterocycles. The van der Waals surface area contributed by atoms with Gasteiger partial charge in [-0.15, -0.1) is 0 Å². The molecule has 0 atom stereocenters. The van der Waals surface area contributed by atoms with Gasteiger partial charge in [-0.05, 0) is 25.5 Å². The lowest BCUT2D eigenvalue weighted by Gasteiger charge is -2.23. The van der Waals surface area contributed by atoms with Crippen LogP contribution in [0.3, 0.4) is 0 Å². The van der Waals surface area contributed by atoms with Crippen LogP contribution >= 0.6 is 0 Å². The number of aromatic nitrogens is 1. The molecule has 3 N–H and O–H groups in total. The van der Waals surface area contributed by atoms with Gasteiger partial charge in [0.25, 0.3) is 0 Å². The number of pyridine rings is 1. The van der Waals surface area contributed by atoms with Crippen LogP contribution in [0.15, 0.2) is 29.4 Å². The second kappa shape index (κ2) is 8.47. The number of nitrogens with one attached hydrogen (secondary N) is 1. The first-order valence-corrected chi connectivity index (χ1v) is 6.47. The third-order valence-electron chi connectivity index (χ3n) is 2.66. The van der Waals surface area contributed by atoms with Crippen LogP contribution in [0.2, 0.25) is 0 Å². The summed E-state index contributed by atoms with van der Waals surface area (Å²) in [6.07, 6.45) is 4.01. The van der Waals surface area contributed by atoms with Gasteiger partial charge in [-0.2, -0.15) is 0 Å². The largest absolute Gasteiger partial charge is 0.336 e. The molecule has 0 amide bonds. The predicted octanol–water partition coefficient (Wildman–Crippen LogP) is 1.52. The van der Waals surface area contributed by atoms with Gasteiger partial charge in [-0.3, -0.25) is 15.4 Å². The SMILES string of the molecule is CCCCN=C(NN)N(CC)Cc1ccccn1. The van der Waals surface area contributed by atoms with Crippen LogP contribution in [-0.4, -0.2) is 28.9 Å². The van der Waals surface area contributed by atoms with Gasteiger partial charge < -0.3 is 4.90 Å². The molecule has 0 radical (unpaired) electrons. The molecule has 0 aliphatic rings. The summed E-state index contributed by atoms with van der Waals surface area (Å²) in [7, 11) is 0. The minimum Gasteiger partial charge on any atom is -0.336 e. The molecule has 0 fully saturated rings. The molecule has 5 nitrogen and oxygen atoms in total. The Kier molecular flexibility index (Phi) is 6.79. The standard InChI is InChI=1S/C13H23N5/c1-3-5-9-16-13(17-14)18(4-2)11-12-8-6-7-10-15-12/h6-8,10H,3-5,9,11,14H2,1-2H3,(H,16,17). The van der Waals surface area contributed by atoms with E-state index in [9.17, 15) is 0 Å². The number of hydrazine groups is 1. The summed E-state index contributed by atoms with van der Waals surface area (Å²) in [5.41, 5.74) is 3.69. The van der Waals surface area contributed by atoms with Crippen molar-refractivity contribution in [2.75, 3.05) is 13.1 Å². The molecule has 0 bridgehead atoms. The fourth-order valence-corrected chi connectivity index (χ4v) is 1.60. The third kappa shape index (κ3) is 4.71. The first-order valence-electron chi connectivity index (χ1n) is 6.47. The predicted molar refractivity (Wildman–Crippen MR) is 74.9 cm³/mol. The highest BCUT2D eigenvalue weighted by Crippen LogP contribution is 2.01. The van der Waals surface area contributed by atoms with E-state index in [1.807, 2.05) is 18.2 Å². The van der Waals surface area contributed by atoms with E-state index in [0.717, 1.165) is 37.6 Å². The zero-order valence-corrected chi connectivity index (χ0v) is 11.3. The van der Waals surface area contributed by atoms with Crippen LogP contribution < -0.4 is 11.3 Å². The lowest BCUT2D eigenvalue weighted by molar-refractivity contribution is 0.411. The van der Waals surface area contributed by atoms with Crippen LogP contribution in [-0.2, 0) is 6.54 Å². The van der Waals surface area contributed by atoms with Crippen LogP contribution in [0.4, 0.5) is 0 Å². The Balaban J connectivity index is 2.65. The second-order valence-electron chi connectivity index (χ2n) is 4.04. The molecule has 0 saturated heterocycles. The molecule has 0 aliphatic carbocycles. The van der Waals surface area contributed by atoms with E-state index in [0.29, 0.717) is 6.54 Å². The summed E-state index contributed by atoms with van der Waals surface area (Å²) in [5.74, 6) is 6.28. The second-order valence-corrected chi connectivity index (χ2v) is 4.04. The van der Waals surface area contributed by atoms with E-state index < -0.39 is 0 Å². The highest BCUT2D eigenvalue weighted by atomic mass is 15.4. The summed E-state index contributed by atoms with van der Waals surface area (Å²) < 4.78 is 0. The van der Waals surface area contributed by atoms with Gasteiger partial charge in [-0.25, -0.2) is 5.84 Å². The maximum Gasteiger partial charge on any atom is 0.208 e. The van der Waals surface area contributed by atoms with Crippen molar-refractivity contribution in [2.24, 2.45) is 10.8 Å². The lowest BCUT2D eigenvalue weighted by Crippen LogP contribution is -2.44. The topological polar surface area (TPSA) is 66.5 Å². The minimum atomic E-state index is 0.715. The van der Waals surface area contributed by atoms with E-state index in [4.69, 9.17) is 5.84 Å². The van der Waals surface area contributed by atoms with E-state index in [-0.39, 0.29) is 0 Å². The molecule has 1 aromatic heterocycles. The molecule has 1 aromatic rings. The summed E-state index contributed by atoms with van der Waals surface area (Å²) in [4.78, 5) is 10.9. The van der Waals surface area contributed by atoms with Crippen molar-refractivity contribution in [1.29, 1.82) is 0 Å². The fraction of sp³-hybridized carbons (Fsp3) is 0.538. The van der Waals surface area contributed by atoms with Gasteiger partial charge in [0.1, 0.15) is 0 Å². The maximum atomic E-state index is 5.54. The highest BCUT2D eigenvalue weighted by molar-refractivity contribution is 5.79. The van der Waals surface area contributed by atoms with Gasteiger partial charge in [-0.1, -0.05) is 19.4 Å². The van der Waals surface area contributed by atoms with E-state index in [1.54, 1.807) is 6.20 Å². The number of rotatable bonds is 6. The van der Waals surface area contributed by atoms with Crippen molar-refractivity contribution in [3.63, 3.8) is 0 Å². The van der Waals surface area contributed by atoms with E-state index in [2.05, 4.69) is 34.1 Å². The summed E-state index contributed by atoms with van der Waals surface area (Å²) in [5, 5.41) is 0. The molecule has 1 rings (SSSR count). The summed E-state index contributed by atoms with van der Waals surface area (Å²) >= 11 is 0.